The van der Waals surface area contributed by atoms with E-state index in [2.05, 4.69) is 10.6 Å². The van der Waals surface area contributed by atoms with E-state index in [-0.39, 0.29) is 24.1 Å². The highest BCUT2D eigenvalue weighted by Crippen LogP contribution is 2.55. The monoisotopic (exact) mass is 571 g/mol. The number of nitrogens with one attached hydrogen (secondary N) is 2. The molecule has 204 valence electrons. The van der Waals surface area contributed by atoms with Gasteiger partial charge in [0.05, 0.1) is 17.9 Å². The molecule has 3 aliphatic heterocycles. The van der Waals surface area contributed by atoms with Crippen molar-refractivity contribution in [2.24, 2.45) is 11.8 Å². The summed E-state index contributed by atoms with van der Waals surface area (Å²) in [4.78, 5) is 42.9. The van der Waals surface area contributed by atoms with Crippen molar-refractivity contribution in [3.05, 3.63) is 76.0 Å². The van der Waals surface area contributed by atoms with Crippen LogP contribution in [0, 0.1) is 17.7 Å². The third kappa shape index (κ3) is 4.62. The molecule has 1 saturated carbocycles. The number of ether oxygens (including phenoxy) is 1. The van der Waals surface area contributed by atoms with E-state index in [0.29, 0.717) is 15.7 Å². The zero-order chi connectivity index (χ0) is 27.3. The van der Waals surface area contributed by atoms with E-state index in [4.69, 9.17) is 27.9 Å². The first-order valence-corrected chi connectivity index (χ1v) is 14.0. The standard InChI is InChI=1S/C29H28Cl2FN3O4/c30-17-12-18(31)14-20(13-17)34-26(36)23-22-10-11-29(39-22)24(23)28(38)35(15-16-6-4-5-9-21(16)32)25(29)27(37)33-19-7-2-1-3-8-19/h4-6,9-14,19,22-25H,1-3,7-8,15H2,(H,33,37)(H,34,36)/t22-,23-,24-,25+,29-/m0/s1. The van der Waals surface area contributed by atoms with Crippen molar-refractivity contribution < 1.29 is 23.5 Å². The van der Waals surface area contributed by atoms with Gasteiger partial charge in [-0.2, -0.15) is 0 Å². The molecule has 2 aromatic rings. The van der Waals surface area contributed by atoms with Crippen molar-refractivity contribution in [3.63, 3.8) is 0 Å². The summed E-state index contributed by atoms with van der Waals surface area (Å²) in [7, 11) is 0. The number of halogens is 3. The molecule has 4 aliphatic rings. The van der Waals surface area contributed by atoms with Gasteiger partial charge in [-0.15, -0.1) is 0 Å². The molecule has 3 fully saturated rings. The maximum absolute atomic E-state index is 14.7. The maximum Gasteiger partial charge on any atom is 0.246 e. The molecule has 1 spiro atoms. The summed E-state index contributed by atoms with van der Waals surface area (Å²) in [6.07, 6.45) is 7.70. The molecule has 7 nitrogen and oxygen atoms in total. The van der Waals surface area contributed by atoms with E-state index in [1.807, 2.05) is 0 Å². The normalized spacial score (nSPS) is 29.5. The molecule has 2 saturated heterocycles. The van der Waals surface area contributed by atoms with Crippen LogP contribution in [-0.4, -0.2) is 46.4 Å². The number of hydrogen-bond donors (Lipinski definition) is 2. The Kier molecular flexibility index (Phi) is 6.90. The van der Waals surface area contributed by atoms with Crippen LogP contribution in [0.5, 0.6) is 0 Å². The summed E-state index contributed by atoms with van der Waals surface area (Å²) < 4.78 is 21.0. The Morgan fingerprint density at radius 1 is 1.05 bits per heavy atom. The van der Waals surface area contributed by atoms with Gasteiger partial charge in [-0.05, 0) is 37.1 Å². The lowest BCUT2D eigenvalue weighted by Crippen LogP contribution is -2.56. The van der Waals surface area contributed by atoms with Gasteiger partial charge in [0, 0.05) is 33.9 Å². The van der Waals surface area contributed by atoms with Gasteiger partial charge in [0.1, 0.15) is 17.5 Å². The highest BCUT2D eigenvalue weighted by atomic mass is 35.5. The predicted molar refractivity (Wildman–Crippen MR) is 145 cm³/mol. The quantitative estimate of drug-likeness (QED) is 0.484. The van der Waals surface area contributed by atoms with E-state index < -0.39 is 47.2 Å². The first-order valence-electron chi connectivity index (χ1n) is 13.3. The number of amides is 3. The molecule has 0 aromatic heterocycles. The van der Waals surface area contributed by atoms with Gasteiger partial charge in [0.25, 0.3) is 0 Å². The number of benzene rings is 2. The second kappa shape index (κ2) is 10.2. The van der Waals surface area contributed by atoms with E-state index in [1.54, 1.807) is 48.6 Å². The molecule has 39 heavy (non-hydrogen) atoms. The topological polar surface area (TPSA) is 87.7 Å². The largest absolute Gasteiger partial charge is 0.359 e. The zero-order valence-electron chi connectivity index (χ0n) is 21.0. The van der Waals surface area contributed by atoms with Gasteiger partial charge in [0.15, 0.2) is 0 Å². The van der Waals surface area contributed by atoms with Crippen molar-refractivity contribution in [2.45, 2.75) is 62.4 Å². The maximum atomic E-state index is 14.7. The van der Waals surface area contributed by atoms with Gasteiger partial charge < -0.3 is 20.3 Å². The molecule has 0 unspecified atom stereocenters. The van der Waals surface area contributed by atoms with Crippen LogP contribution in [0.3, 0.4) is 0 Å². The molecular weight excluding hydrogens is 544 g/mol. The van der Waals surface area contributed by atoms with Crippen LogP contribution in [-0.2, 0) is 25.7 Å². The Balaban J connectivity index is 1.34. The third-order valence-electron chi connectivity index (χ3n) is 8.31. The number of hydrogen-bond acceptors (Lipinski definition) is 4. The highest BCUT2D eigenvalue weighted by molar-refractivity contribution is 6.35. The van der Waals surface area contributed by atoms with Gasteiger partial charge in [-0.25, -0.2) is 4.39 Å². The Morgan fingerprint density at radius 3 is 2.49 bits per heavy atom. The number of likely N-dealkylation sites (tertiary alicyclic amines) is 1. The summed E-state index contributed by atoms with van der Waals surface area (Å²) in [5.41, 5.74) is -0.663. The van der Waals surface area contributed by atoms with E-state index in [1.165, 1.54) is 11.0 Å². The summed E-state index contributed by atoms with van der Waals surface area (Å²) in [5.74, 6) is -3.52. The SMILES string of the molecule is O=C(Nc1cc(Cl)cc(Cl)c1)[C@H]1[C@@H]2C=C[C@]3(O2)[C@@H]1C(=O)N(Cc1ccccc1F)[C@@H]3C(=O)NC1CCCCC1. The lowest BCUT2D eigenvalue weighted by Gasteiger charge is -2.34. The second-order valence-corrected chi connectivity index (χ2v) is 11.6. The minimum Gasteiger partial charge on any atom is -0.359 e. The lowest BCUT2D eigenvalue weighted by molar-refractivity contribution is -0.142. The minimum atomic E-state index is -1.33. The molecule has 2 aromatic carbocycles. The van der Waals surface area contributed by atoms with Crippen LogP contribution >= 0.6 is 23.2 Å². The van der Waals surface area contributed by atoms with Crippen molar-refractivity contribution in [2.75, 3.05) is 5.32 Å². The number of carbonyl (C=O) groups is 3. The molecule has 3 heterocycles. The Bertz CT molecular complexity index is 1340. The number of nitrogens with zero attached hydrogens (tertiary/aromatic N) is 1. The smallest absolute Gasteiger partial charge is 0.246 e. The van der Waals surface area contributed by atoms with Crippen molar-refractivity contribution >= 4 is 46.6 Å². The summed E-state index contributed by atoms with van der Waals surface area (Å²) in [5, 5.41) is 6.64. The molecule has 3 amide bonds. The number of anilines is 1. The fraction of sp³-hybridized carbons (Fsp3) is 0.414. The van der Waals surface area contributed by atoms with Crippen molar-refractivity contribution in [1.82, 2.24) is 10.2 Å². The summed E-state index contributed by atoms with van der Waals surface area (Å²) in [6.45, 7) is -0.118. The molecule has 2 bridgehead atoms. The van der Waals surface area contributed by atoms with Gasteiger partial charge in [0.2, 0.25) is 17.7 Å². The van der Waals surface area contributed by atoms with Crippen LogP contribution in [0.4, 0.5) is 10.1 Å². The predicted octanol–water partition coefficient (Wildman–Crippen LogP) is 4.87. The molecule has 2 N–H and O–H groups in total. The number of rotatable bonds is 6. The van der Waals surface area contributed by atoms with Crippen LogP contribution in [0.2, 0.25) is 10.0 Å². The van der Waals surface area contributed by atoms with Crippen molar-refractivity contribution in [1.29, 1.82) is 0 Å². The Hall–Kier alpha value is -2.94. The van der Waals surface area contributed by atoms with Crippen LogP contribution < -0.4 is 10.6 Å². The van der Waals surface area contributed by atoms with E-state index >= 15 is 0 Å². The highest BCUT2D eigenvalue weighted by Gasteiger charge is 2.72. The summed E-state index contributed by atoms with van der Waals surface area (Å²) >= 11 is 12.2. The van der Waals surface area contributed by atoms with E-state index in [0.717, 1.165) is 32.1 Å². The van der Waals surface area contributed by atoms with Crippen LogP contribution in [0.25, 0.3) is 0 Å². The fourth-order valence-corrected chi connectivity index (χ4v) is 7.15. The average Bonchev–Trinajstić information content (AvgIpc) is 3.53. The molecule has 10 heteroatoms. The fourth-order valence-electron chi connectivity index (χ4n) is 6.63. The Labute approximate surface area is 235 Å². The first kappa shape index (κ1) is 26.3. The number of fused-ring (bicyclic) bond motifs is 1. The lowest BCUT2D eigenvalue weighted by atomic mass is 9.74. The first-order chi connectivity index (χ1) is 18.8. The average molecular weight is 572 g/mol. The van der Waals surface area contributed by atoms with Crippen LogP contribution in [0.1, 0.15) is 37.7 Å². The third-order valence-corrected chi connectivity index (χ3v) is 8.74. The number of carbonyl (C=O) groups excluding carboxylic acids is 3. The molecule has 1 aliphatic carbocycles. The molecule has 6 rings (SSSR count). The second-order valence-electron chi connectivity index (χ2n) is 10.7. The van der Waals surface area contributed by atoms with E-state index in [9.17, 15) is 18.8 Å². The summed E-state index contributed by atoms with van der Waals surface area (Å²) in [6, 6.07) is 9.79. The molecule has 0 radical (unpaired) electrons. The van der Waals surface area contributed by atoms with Gasteiger partial charge in [-0.1, -0.05) is 72.8 Å². The Morgan fingerprint density at radius 2 is 1.77 bits per heavy atom. The molecular formula is C29H28Cl2FN3O4. The minimum absolute atomic E-state index is 0.00127. The zero-order valence-corrected chi connectivity index (χ0v) is 22.6. The molecule has 5 atom stereocenters. The van der Waals surface area contributed by atoms with Crippen LogP contribution in [0.15, 0.2) is 54.6 Å². The van der Waals surface area contributed by atoms with Gasteiger partial charge in [-0.3, -0.25) is 14.4 Å². The van der Waals surface area contributed by atoms with Crippen molar-refractivity contribution in [3.8, 4) is 0 Å². The van der Waals surface area contributed by atoms with Gasteiger partial charge >= 0.3 is 0 Å².